The minimum atomic E-state index is 0.370. The number of nitrogens with two attached hydrogens (primary N) is 1. The van der Waals surface area contributed by atoms with Gasteiger partial charge in [-0.05, 0) is 51.8 Å². The van der Waals surface area contributed by atoms with Gasteiger partial charge in [-0.3, -0.25) is 4.90 Å². The van der Waals surface area contributed by atoms with E-state index in [9.17, 15) is 0 Å². The van der Waals surface area contributed by atoms with Crippen molar-refractivity contribution in [1.82, 2.24) is 4.90 Å². The number of benzene rings is 1. The molecule has 0 amide bonds. The van der Waals surface area contributed by atoms with Crippen molar-refractivity contribution >= 4 is 0 Å². The summed E-state index contributed by atoms with van der Waals surface area (Å²) in [5, 5.41) is 0. The van der Waals surface area contributed by atoms with E-state index in [1.807, 2.05) is 6.92 Å². The molecular weight excluding hydrogens is 260 g/mol. The lowest BCUT2D eigenvalue weighted by Gasteiger charge is -2.37. The molecule has 1 fully saturated rings. The molecule has 2 N–H and O–H groups in total. The Morgan fingerprint density at radius 2 is 2.05 bits per heavy atom. The van der Waals surface area contributed by atoms with Crippen molar-refractivity contribution in [3.05, 3.63) is 29.8 Å². The summed E-state index contributed by atoms with van der Waals surface area (Å²) >= 11 is 0. The van der Waals surface area contributed by atoms with Crippen molar-refractivity contribution in [1.29, 1.82) is 0 Å². The first-order valence-electron chi connectivity index (χ1n) is 8.40. The zero-order valence-electron chi connectivity index (χ0n) is 13.7. The summed E-state index contributed by atoms with van der Waals surface area (Å²) < 4.78 is 5.82. The van der Waals surface area contributed by atoms with E-state index in [2.05, 4.69) is 43.0 Å². The van der Waals surface area contributed by atoms with Crippen molar-refractivity contribution in [2.45, 2.75) is 52.1 Å². The first-order valence-corrected chi connectivity index (χ1v) is 8.40. The third-order valence-electron chi connectivity index (χ3n) is 4.88. The first kappa shape index (κ1) is 16.3. The van der Waals surface area contributed by atoms with Crippen molar-refractivity contribution in [3.8, 4) is 5.75 Å². The molecule has 3 heteroatoms. The highest BCUT2D eigenvalue weighted by molar-refractivity contribution is 5.35. The average molecular weight is 290 g/mol. The molecule has 0 heterocycles. The van der Waals surface area contributed by atoms with Gasteiger partial charge < -0.3 is 10.5 Å². The molecule has 1 aromatic carbocycles. The van der Waals surface area contributed by atoms with Crippen molar-refractivity contribution in [2.75, 3.05) is 19.7 Å². The smallest absolute Gasteiger partial charge is 0.124 e. The van der Waals surface area contributed by atoms with Crippen LogP contribution in [-0.2, 0) is 0 Å². The van der Waals surface area contributed by atoms with E-state index >= 15 is 0 Å². The Bertz CT molecular complexity index is 435. The topological polar surface area (TPSA) is 38.5 Å². The van der Waals surface area contributed by atoms with Crippen molar-refractivity contribution in [2.24, 2.45) is 11.7 Å². The predicted molar refractivity (Wildman–Crippen MR) is 88.6 cm³/mol. The summed E-state index contributed by atoms with van der Waals surface area (Å²) in [5.41, 5.74) is 7.28. The summed E-state index contributed by atoms with van der Waals surface area (Å²) in [6.07, 6.45) is 3.86. The fourth-order valence-corrected chi connectivity index (χ4v) is 3.82. The maximum atomic E-state index is 5.98. The van der Waals surface area contributed by atoms with Crippen LogP contribution in [-0.4, -0.2) is 30.6 Å². The Kier molecular flexibility index (Phi) is 6.07. The molecule has 2 rings (SSSR count). The van der Waals surface area contributed by atoms with Gasteiger partial charge >= 0.3 is 0 Å². The van der Waals surface area contributed by atoms with Gasteiger partial charge in [0.2, 0.25) is 0 Å². The van der Waals surface area contributed by atoms with Crippen LogP contribution in [0.3, 0.4) is 0 Å². The van der Waals surface area contributed by atoms with Crippen LogP contribution in [0.4, 0.5) is 0 Å². The number of para-hydroxylation sites is 1. The molecule has 0 aromatic heterocycles. The Hall–Kier alpha value is -1.06. The Balaban J connectivity index is 2.22. The van der Waals surface area contributed by atoms with Crippen LogP contribution in [0.1, 0.15) is 51.6 Å². The first-order chi connectivity index (χ1) is 10.2. The average Bonchev–Trinajstić information content (AvgIpc) is 2.97. The number of ether oxygens (including phenoxy) is 1. The van der Waals surface area contributed by atoms with Gasteiger partial charge in [0, 0.05) is 17.6 Å². The molecule has 1 aliphatic rings. The quantitative estimate of drug-likeness (QED) is 0.834. The number of hydrogen-bond acceptors (Lipinski definition) is 3. The fourth-order valence-electron chi connectivity index (χ4n) is 3.82. The normalized spacial score (nSPS) is 23.5. The molecule has 21 heavy (non-hydrogen) atoms. The molecule has 1 aromatic rings. The lowest BCUT2D eigenvalue weighted by atomic mass is 9.97. The summed E-state index contributed by atoms with van der Waals surface area (Å²) in [5.74, 6) is 1.67. The van der Waals surface area contributed by atoms with Crippen molar-refractivity contribution in [3.63, 3.8) is 0 Å². The predicted octanol–water partition coefficient (Wildman–Crippen LogP) is 3.60. The van der Waals surface area contributed by atoms with E-state index in [0.29, 0.717) is 24.6 Å². The van der Waals surface area contributed by atoms with E-state index in [-0.39, 0.29) is 0 Å². The van der Waals surface area contributed by atoms with Gasteiger partial charge in [0.15, 0.2) is 0 Å². The zero-order chi connectivity index (χ0) is 15.2. The zero-order valence-corrected chi connectivity index (χ0v) is 13.7. The highest BCUT2D eigenvalue weighted by Gasteiger charge is 2.33. The molecule has 0 spiro atoms. The summed E-state index contributed by atoms with van der Waals surface area (Å²) in [4.78, 5) is 2.61. The molecule has 0 aliphatic heterocycles. The Morgan fingerprint density at radius 1 is 1.29 bits per heavy atom. The lowest BCUT2D eigenvalue weighted by molar-refractivity contribution is 0.121. The molecule has 118 valence electrons. The highest BCUT2D eigenvalue weighted by Crippen LogP contribution is 2.36. The Labute approximate surface area is 129 Å². The number of nitrogens with zero attached hydrogens (tertiary/aromatic N) is 1. The third kappa shape index (κ3) is 3.58. The minimum absolute atomic E-state index is 0.370. The molecule has 3 unspecified atom stereocenters. The summed E-state index contributed by atoms with van der Waals surface area (Å²) in [7, 11) is 0. The SMILES string of the molecule is CCOc1ccccc1C(C)N(CC)C1CCCC1CN. The summed E-state index contributed by atoms with van der Waals surface area (Å²) in [6, 6.07) is 9.43. The number of hydrogen-bond donors (Lipinski definition) is 1. The van der Waals surface area contributed by atoms with Crippen LogP contribution < -0.4 is 10.5 Å². The van der Waals surface area contributed by atoms with Crippen LogP contribution in [0.2, 0.25) is 0 Å². The molecule has 0 bridgehead atoms. The minimum Gasteiger partial charge on any atom is -0.494 e. The molecule has 0 saturated heterocycles. The summed E-state index contributed by atoms with van der Waals surface area (Å²) in [6.45, 7) is 9.17. The molecule has 3 atom stereocenters. The lowest BCUT2D eigenvalue weighted by Crippen LogP contribution is -2.41. The van der Waals surface area contributed by atoms with Gasteiger partial charge in [0.05, 0.1) is 6.61 Å². The highest BCUT2D eigenvalue weighted by atomic mass is 16.5. The van der Waals surface area contributed by atoms with Gasteiger partial charge in [0.1, 0.15) is 5.75 Å². The fraction of sp³-hybridized carbons (Fsp3) is 0.667. The standard InChI is InChI=1S/C18H30N2O/c1-4-20(17-11-8-9-15(17)13-19)14(3)16-10-6-7-12-18(16)21-5-2/h6-7,10,12,14-15,17H,4-5,8-9,11,13,19H2,1-3H3. The van der Waals surface area contributed by atoms with E-state index in [1.54, 1.807) is 0 Å². The van der Waals surface area contributed by atoms with E-state index in [0.717, 1.165) is 18.8 Å². The second-order valence-corrected chi connectivity index (χ2v) is 5.97. The molecule has 1 saturated carbocycles. The Morgan fingerprint density at radius 3 is 2.71 bits per heavy atom. The van der Waals surface area contributed by atoms with Crippen LogP contribution in [0.15, 0.2) is 24.3 Å². The van der Waals surface area contributed by atoms with Crippen LogP contribution in [0.5, 0.6) is 5.75 Å². The van der Waals surface area contributed by atoms with Gasteiger partial charge in [0.25, 0.3) is 0 Å². The monoisotopic (exact) mass is 290 g/mol. The van der Waals surface area contributed by atoms with E-state index in [4.69, 9.17) is 10.5 Å². The van der Waals surface area contributed by atoms with Gasteiger partial charge in [-0.1, -0.05) is 31.5 Å². The van der Waals surface area contributed by atoms with E-state index < -0.39 is 0 Å². The van der Waals surface area contributed by atoms with Crippen LogP contribution in [0, 0.1) is 5.92 Å². The number of rotatable bonds is 7. The van der Waals surface area contributed by atoms with Gasteiger partial charge in [-0.15, -0.1) is 0 Å². The maximum absolute atomic E-state index is 5.98. The van der Waals surface area contributed by atoms with E-state index in [1.165, 1.54) is 24.8 Å². The maximum Gasteiger partial charge on any atom is 0.124 e. The third-order valence-corrected chi connectivity index (χ3v) is 4.88. The molecule has 1 aliphatic carbocycles. The van der Waals surface area contributed by atoms with Crippen LogP contribution >= 0.6 is 0 Å². The van der Waals surface area contributed by atoms with Crippen molar-refractivity contribution < 1.29 is 4.74 Å². The molecule has 3 nitrogen and oxygen atoms in total. The molecular formula is C18H30N2O. The van der Waals surface area contributed by atoms with Gasteiger partial charge in [-0.2, -0.15) is 0 Å². The van der Waals surface area contributed by atoms with Crippen LogP contribution in [0.25, 0.3) is 0 Å². The largest absolute Gasteiger partial charge is 0.494 e. The second-order valence-electron chi connectivity index (χ2n) is 5.97. The molecule has 0 radical (unpaired) electrons. The second kappa shape index (κ2) is 7.81. The van der Waals surface area contributed by atoms with Gasteiger partial charge in [-0.25, -0.2) is 0 Å².